The maximum absolute atomic E-state index is 11.3. The minimum Gasteiger partial charge on any atom is -0.368 e. The summed E-state index contributed by atoms with van der Waals surface area (Å²) in [6.07, 6.45) is 8.11. The van der Waals surface area contributed by atoms with Gasteiger partial charge in [0.25, 0.3) is 0 Å². The van der Waals surface area contributed by atoms with Crippen molar-refractivity contribution in [2.75, 3.05) is 0 Å². The molecule has 0 fully saturated rings. The Morgan fingerprint density at radius 2 is 2.12 bits per heavy atom. The van der Waals surface area contributed by atoms with Crippen LogP contribution in [0.25, 0.3) is 11.6 Å². The zero-order chi connectivity index (χ0) is 11.8. The normalized spacial score (nSPS) is 21.1. The summed E-state index contributed by atoms with van der Waals surface area (Å²) in [4.78, 5) is 12.4. The van der Waals surface area contributed by atoms with Crippen LogP contribution in [0.5, 0.6) is 0 Å². The molecule has 1 aromatic carbocycles. The molecular formula is C14H11NOS. The van der Waals surface area contributed by atoms with Gasteiger partial charge >= 0.3 is 0 Å². The van der Waals surface area contributed by atoms with Crippen LogP contribution in [0.15, 0.2) is 47.4 Å². The molecule has 3 heteroatoms. The molecule has 1 amide bonds. The Bertz CT molecular complexity index is 584. The Kier molecular flexibility index (Phi) is 2.41. The van der Waals surface area contributed by atoms with E-state index in [9.17, 15) is 4.79 Å². The summed E-state index contributed by atoms with van der Waals surface area (Å²) in [5.41, 5.74) is 8.83. The molecule has 2 N–H and O–H groups in total. The van der Waals surface area contributed by atoms with Crippen molar-refractivity contribution in [2.45, 2.75) is 5.25 Å². The van der Waals surface area contributed by atoms with E-state index in [4.69, 9.17) is 5.73 Å². The molecule has 0 radical (unpaired) electrons. The third kappa shape index (κ3) is 1.72. The van der Waals surface area contributed by atoms with Crippen molar-refractivity contribution in [3.63, 3.8) is 0 Å². The van der Waals surface area contributed by atoms with E-state index in [-0.39, 0.29) is 11.2 Å². The van der Waals surface area contributed by atoms with Gasteiger partial charge in [-0.3, -0.25) is 4.79 Å². The number of allylic oxidation sites excluding steroid dienone is 3. The summed E-state index contributed by atoms with van der Waals surface area (Å²) in [6, 6.07) is 8.18. The molecule has 84 valence electrons. The molecule has 3 rings (SSSR count). The van der Waals surface area contributed by atoms with Crippen molar-refractivity contribution < 1.29 is 4.79 Å². The molecular weight excluding hydrogens is 230 g/mol. The van der Waals surface area contributed by atoms with Gasteiger partial charge in [0, 0.05) is 4.91 Å². The van der Waals surface area contributed by atoms with E-state index < -0.39 is 0 Å². The zero-order valence-electron chi connectivity index (χ0n) is 9.09. The number of thioether (sulfide) groups is 1. The number of primary amides is 1. The Labute approximate surface area is 104 Å². The average Bonchev–Trinajstić information content (AvgIpc) is 2.67. The lowest BCUT2D eigenvalue weighted by atomic mass is 9.99. The van der Waals surface area contributed by atoms with Crippen LogP contribution in [0.3, 0.4) is 0 Å². The van der Waals surface area contributed by atoms with Gasteiger partial charge in [-0.1, -0.05) is 42.5 Å². The predicted octanol–water partition coefficient (Wildman–Crippen LogP) is 2.58. The van der Waals surface area contributed by atoms with Gasteiger partial charge < -0.3 is 5.73 Å². The highest BCUT2D eigenvalue weighted by molar-refractivity contribution is 8.05. The van der Waals surface area contributed by atoms with E-state index in [0.717, 1.165) is 10.5 Å². The lowest BCUT2D eigenvalue weighted by molar-refractivity contribution is -0.116. The van der Waals surface area contributed by atoms with Crippen LogP contribution in [0.4, 0.5) is 0 Å². The Morgan fingerprint density at radius 1 is 1.29 bits per heavy atom. The highest BCUT2D eigenvalue weighted by Gasteiger charge is 2.27. The van der Waals surface area contributed by atoms with Crippen molar-refractivity contribution in [3.8, 4) is 0 Å². The summed E-state index contributed by atoms with van der Waals surface area (Å²) in [6.45, 7) is 0. The zero-order valence-corrected chi connectivity index (χ0v) is 9.91. The fourth-order valence-electron chi connectivity index (χ4n) is 2.09. The van der Waals surface area contributed by atoms with E-state index in [2.05, 4.69) is 18.2 Å². The maximum Gasteiger partial charge on any atom is 0.234 e. The predicted molar refractivity (Wildman–Crippen MR) is 72.1 cm³/mol. The van der Waals surface area contributed by atoms with Crippen LogP contribution in [-0.2, 0) is 4.79 Å². The van der Waals surface area contributed by atoms with Crippen LogP contribution < -0.4 is 5.73 Å². The van der Waals surface area contributed by atoms with E-state index in [0.29, 0.717) is 0 Å². The number of amides is 1. The molecule has 2 aliphatic rings. The fraction of sp³-hybridized carbons (Fsp3) is 0.0714. The van der Waals surface area contributed by atoms with Crippen molar-refractivity contribution in [2.24, 2.45) is 5.73 Å². The van der Waals surface area contributed by atoms with Gasteiger partial charge in [-0.05, 0) is 22.8 Å². The van der Waals surface area contributed by atoms with E-state index >= 15 is 0 Å². The van der Waals surface area contributed by atoms with Crippen LogP contribution >= 0.6 is 11.8 Å². The van der Waals surface area contributed by atoms with Gasteiger partial charge in [-0.2, -0.15) is 0 Å². The third-order valence-corrected chi connectivity index (χ3v) is 4.12. The van der Waals surface area contributed by atoms with Crippen molar-refractivity contribution in [1.82, 2.24) is 0 Å². The quantitative estimate of drug-likeness (QED) is 0.821. The van der Waals surface area contributed by atoms with Gasteiger partial charge in [0.05, 0.1) is 0 Å². The molecule has 0 spiro atoms. The molecule has 1 aliphatic carbocycles. The number of benzene rings is 1. The smallest absolute Gasteiger partial charge is 0.234 e. The fourth-order valence-corrected chi connectivity index (χ4v) is 3.14. The highest BCUT2D eigenvalue weighted by atomic mass is 32.2. The molecule has 0 saturated heterocycles. The van der Waals surface area contributed by atoms with Crippen molar-refractivity contribution in [3.05, 3.63) is 58.5 Å². The first-order valence-corrected chi connectivity index (χ1v) is 6.29. The van der Waals surface area contributed by atoms with E-state index in [1.807, 2.05) is 30.4 Å². The number of hydrogen-bond acceptors (Lipinski definition) is 2. The number of carbonyl (C=O) groups excluding carboxylic acids is 1. The highest BCUT2D eigenvalue weighted by Crippen LogP contribution is 2.44. The molecule has 1 atom stereocenters. The molecule has 1 unspecified atom stereocenters. The molecule has 0 bridgehead atoms. The maximum atomic E-state index is 11.3. The number of fused-ring (bicyclic) bond motifs is 3. The first-order valence-electron chi connectivity index (χ1n) is 5.41. The van der Waals surface area contributed by atoms with E-state index in [1.165, 1.54) is 22.9 Å². The minimum absolute atomic E-state index is 0.240. The molecule has 0 aromatic heterocycles. The SMILES string of the molecule is NC(=O)C1C=C2C(=CC=Cc3ccccc32)S1. The molecule has 1 aliphatic heterocycles. The Morgan fingerprint density at radius 3 is 2.94 bits per heavy atom. The monoisotopic (exact) mass is 241 g/mol. The summed E-state index contributed by atoms with van der Waals surface area (Å²) in [5.74, 6) is -0.280. The Balaban J connectivity index is 2.15. The van der Waals surface area contributed by atoms with Crippen LogP contribution in [-0.4, -0.2) is 11.2 Å². The second-order valence-electron chi connectivity index (χ2n) is 4.00. The van der Waals surface area contributed by atoms with Crippen LogP contribution in [0, 0.1) is 0 Å². The largest absolute Gasteiger partial charge is 0.368 e. The molecule has 1 heterocycles. The molecule has 0 saturated carbocycles. The third-order valence-electron chi connectivity index (χ3n) is 2.89. The summed E-state index contributed by atoms with van der Waals surface area (Å²) in [5, 5.41) is -0.240. The van der Waals surface area contributed by atoms with Gasteiger partial charge in [-0.15, -0.1) is 11.8 Å². The Hall–Kier alpha value is -1.74. The van der Waals surface area contributed by atoms with Gasteiger partial charge in [0.2, 0.25) is 5.91 Å². The first-order chi connectivity index (χ1) is 8.25. The molecule has 17 heavy (non-hydrogen) atoms. The second kappa shape index (κ2) is 3.93. The second-order valence-corrected chi connectivity index (χ2v) is 5.18. The topological polar surface area (TPSA) is 43.1 Å². The average molecular weight is 241 g/mol. The number of hydrogen-bond donors (Lipinski definition) is 1. The molecule has 2 nitrogen and oxygen atoms in total. The van der Waals surface area contributed by atoms with Gasteiger partial charge in [-0.25, -0.2) is 0 Å². The summed E-state index contributed by atoms with van der Waals surface area (Å²) < 4.78 is 0. The molecule has 1 aromatic rings. The summed E-state index contributed by atoms with van der Waals surface area (Å²) >= 11 is 1.52. The standard InChI is InChI=1S/C14H11NOS/c15-14(16)13-8-11-10-6-2-1-4-9(10)5-3-7-12(11)17-13/h1-8,13H,(H2,15,16). The minimum atomic E-state index is -0.280. The van der Waals surface area contributed by atoms with E-state index in [1.54, 1.807) is 0 Å². The lowest BCUT2D eigenvalue weighted by Crippen LogP contribution is -2.22. The number of rotatable bonds is 1. The number of nitrogens with two attached hydrogens (primary N) is 1. The van der Waals surface area contributed by atoms with Crippen molar-refractivity contribution >= 4 is 29.3 Å². The number of carbonyl (C=O) groups is 1. The van der Waals surface area contributed by atoms with Crippen LogP contribution in [0.2, 0.25) is 0 Å². The van der Waals surface area contributed by atoms with Crippen molar-refractivity contribution in [1.29, 1.82) is 0 Å². The lowest BCUT2D eigenvalue weighted by Gasteiger charge is -2.06. The van der Waals surface area contributed by atoms with Gasteiger partial charge in [0.15, 0.2) is 0 Å². The van der Waals surface area contributed by atoms with Gasteiger partial charge in [0.1, 0.15) is 5.25 Å². The first kappa shape index (κ1) is 10.4. The summed E-state index contributed by atoms with van der Waals surface area (Å²) in [7, 11) is 0. The van der Waals surface area contributed by atoms with Crippen LogP contribution in [0.1, 0.15) is 11.1 Å².